The summed E-state index contributed by atoms with van der Waals surface area (Å²) < 4.78 is 33.6. The number of carbonyl (C=O) groups excluding carboxylic acids is 1. The Bertz CT molecular complexity index is 762. The van der Waals surface area contributed by atoms with Crippen LogP contribution < -0.4 is 0 Å². The molecule has 0 amide bonds. The number of nitriles is 1. The first-order chi connectivity index (χ1) is 12.2. The predicted octanol–water partition coefficient (Wildman–Crippen LogP) is 4.87. The van der Waals surface area contributed by atoms with Gasteiger partial charge in [-0.2, -0.15) is 5.26 Å². The lowest BCUT2D eigenvalue weighted by molar-refractivity contribution is -0.147. The summed E-state index contributed by atoms with van der Waals surface area (Å²) in [4.78, 5) is 12.5. The average molecular weight is 361 g/mol. The number of ether oxygens (including phenoxy) is 1. The molecule has 2 rings (SSSR count). The predicted molar refractivity (Wildman–Crippen MR) is 95.0 cm³/mol. The van der Waals surface area contributed by atoms with Crippen LogP contribution in [0.3, 0.4) is 0 Å². The normalized spacial score (nSPS) is 21.2. The molecular weight excluding hydrogens is 336 g/mol. The molecular formula is C21H25F2NO2. The number of hydrogen-bond acceptors (Lipinski definition) is 3. The van der Waals surface area contributed by atoms with E-state index >= 15 is 0 Å². The summed E-state index contributed by atoms with van der Waals surface area (Å²) in [6, 6.07) is 2.96. The molecule has 5 heteroatoms. The second kappa shape index (κ2) is 7.57. The van der Waals surface area contributed by atoms with Gasteiger partial charge in [-0.3, -0.25) is 4.79 Å². The van der Waals surface area contributed by atoms with E-state index in [4.69, 9.17) is 10.00 Å². The van der Waals surface area contributed by atoms with Crippen molar-refractivity contribution in [3.05, 3.63) is 46.0 Å². The maximum absolute atomic E-state index is 14.1. The molecule has 3 nitrogen and oxygen atoms in total. The summed E-state index contributed by atoms with van der Waals surface area (Å²) in [6.07, 6.45) is 2.59. The van der Waals surface area contributed by atoms with Crippen LogP contribution in [0.4, 0.5) is 8.78 Å². The molecule has 1 aromatic carbocycles. The second-order valence-corrected chi connectivity index (χ2v) is 7.38. The van der Waals surface area contributed by atoms with E-state index in [1.165, 1.54) is 0 Å². The Morgan fingerprint density at radius 2 is 1.77 bits per heavy atom. The lowest BCUT2D eigenvalue weighted by Gasteiger charge is -2.15. The van der Waals surface area contributed by atoms with Crippen LogP contribution in [0.5, 0.6) is 0 Å². The fourth-order valence-corrected chi connectivity index (χ4v) is 3.67. The fourth-order valence-electron chi connectivity index (χ4n) is 3.67. The Hall–Kier alpha value is -2.22. The van der Waals surface area contributed by atoms with Crippen molar-refractivity contribution in [2.24, 2.45) is 17.3 Å². The first-order valence-electron chi connectivity index (χ1n) is 8.92. The van der Waals surface area contributed by atoms with Gasteiger partial charge >= 0.3 is 5.97 Å². The molecule has 1 aromatic rings. The first kappa shape index (κ1) is 20.1. The molecule has 0 aromatic heterocycles. The SMILES string of the molecule is CCc1c(F)cc(F)c(CC)c1COC(=O)[C@@H]1[C@@H](C=C(C)C#N)C1(C)C. The van der Waals surface area contributed by atoms with Gasteiger partial charge in [0.15, 0.2) is 0 Å². The number of hydrogen-bond donors (Lipinski definition) is 0. The topological polar surface area (TPSA) is 50.1 Å². The van der Waals surface area contributed by atoms with Crippen molar-refractivity contribution < 1.29 is 18.3 Å². The maximum atomic E-state index is 14.1. The van der Waals surface area contributed by atoms with Crippen LogP contribution in [0.15, 0.2) is 17.7 Å². The van der Waals surface area contributed by atoms with E-state index in [-0.39, 0.29) is 23.9 Å². The monoisotopic (exact) mass is 361 g/mol. The van der Waals surface area contributed by atoms with Crippen molar-refractivity contribution in [2.75, 3.05) is 0 Å². The molecule has 140 valence electrons. The number of allylic oxidation sites excluding steroid dienone is 2. The van der Waals surface area contributed by atoms with E-state index < -0.39 is 17.6 Å². The molecule has 1 aliphatic rings. The van der Waals surface area contributed by atoms with Crippen molar-refractivity contribution in [2.45, 2.75) is 54.1 Å². The van der Waals surface area contributed by atoms with Crippen LogP contribution in [-0.4, -0.2) is 5.97 Å². The molecule has 0 spiro atoms. The van der Waals surface area contributed by atoms with Gasteiger partial charge in [-0.1, -0.05) is 33.8 Å². The van der Waals surface area contributed by atoms with E-state index in [1.54, 1.807) is 26.8 Å². The highest BCUT2D eigenvalue weighted by Gasteiger charge is 2.61. The van der Waals surface area contributed by atoms with E-state index in [2.05, 4.69) is 6.07 Å². The van der Waals surface area contributed by atoms with Crippen molar-refractivity contribution in [1.82, 2.24) is 0 Å². The van der Waals surface area contributed by atoms with Gasteiger partial charge in [-0.05, 0) is 42.2 Å². The van der Waals surface area contributed by atoms with Gasteiger partial charge in [-0.15, -0.1) is 0 Å². The van der Waals surface area contributed by atoms with Crippen molar-refractivity contribution in [3.8, 4) is 6.07 Å². The lowest BCUT2D eigenvalue weighted by atomic mass is 9.97. The van der Waals surface area contributed by atoms with Gasteiger partial charge in [0.05, 0.1) is 12.0 Å². The number of nitrogens with zero attached hydrogens (tertiary/aromatic N) is 1. The van der Waals surface area contributed by atoms with E-state index in [1.807, 2.05) is 13.8 Å². The summed E-state index contributed by atoms with van der Waals surface area (Å²) >= 11 is 0. The molecule has 0 saturated heterocycles. The summed E-state index contributed by atoms with van der Waals surface area (Å²) in [7, 11) is 0. The Kier molecular flexibility index (Phi) is 5.85. The molecule has 0 bridgehead atoms. The van der Waals surface area contributed by atoms with E-state index in [0.29, 0.717) is 35.1 Å². The standard InChI is InChI=1S/C21H25F2NO2/c1-6-13-15(14(7-2)18(23)9-17(13)22)11-26-20(25)19-16(21(19,4)5)8-12(3)10-24/h8-9,16,19H,6-7,11H2,1-5H3/t16-,19+/m1/s1. The second-order valence-electron chi connectivity index (χ2n) is 7.38. The maximum Gasteiger partial charge on any atom is 0.310 e. The Balaban J connectivity index is 2.20. The van der Waals surface area contributed by atoms with E-state index in [9.17, 15) is 13.6 Å². The summed E-state index contributed by atoms with van der Waals surface area (Å²) in [5.74, 6) is -2.01. The quantitative estimate of drug-likeness (QED) is 0.536. The highest BCUT2D eigenvalue weighted by atomic mass is 19.1. The molecule has 0 radical (unpaired) electrons. The molecule has 2 atom stereocenters. The van der Waals surface area contributed by atoms with Crippen molar-refractivity contribution in [1.29, 1.82) is 5.26 Å². The minimum Gasteiger partial charge on any atom is -0.461 e. The lowest BCUT2D eigenvalue weighted by Crippen LogP contribution is -2.14. The zero-order chi connectivity index (χ0) is 19.6. The molecule has 1 saturated carbocycles. The zero-order valence-electron chi connectivity index (χ0n) is 16.0. The minimum absolute atomic E-state index is 0.0600. The van der Waals surface area contributed by atoms with E-state index in [0.717, 1.165) is 6.07 Å². The number of carbonyl (C=O) groups is 1. The molecule has 0 unspecified atom stereocenters. The Morgan fingerprint density at radius 3 is 2.23 bits per heavy atom. The number of esters is 1. The zero-order valence-corrected chi connectivity index (χ0v) is 16.0. The highest BCUT2D eigenvalue weighted by molar-refractivity contribution is 5.78. The van der Waals surface area contributed by atoms with Crippen LogP contribution in [0.1, 0.15) is 51.3 Å². The summed E-state index contributed by atoms with van der Waals surface area (Å²) in [5, 5.41) is 8.92. The third-order valence-corrected chi connectivity index (χ3v) is 5.39. The summed E-state index contributed by atoms with van der Waals surface area (Å²) in [5.41, 5.74) is 1.49. The van der Waals surface area contributed by atoms with Crippen molar-refractivity contribution in [3.63, 3.8) is 0 Å². The van der Waals surface area contributed by atoms with Crippen molar-refractivity contribution >= 4 is 5.97 Å². The molecule has 0 N–H and O–H groups in total. The number of benzene rings is 1. The molecule has 0 heterocycles. The van der Waals surface area contributed by atoms with Crippen LogP contribution in [-0.2, 0) is 29.0 Å². The first-order valence-corrected chi connectivity index (χ1v) is 8.92. The van der Waals surface area contributed by atoms with Gasteiger partial charge in [0, 0.05) is 17.2 Å². The molecule has 1 fully saturated rings. The van der Waals surface area contributed by atoms with Gasteiger partial charge < -0.3 is 4.74 Å². The summed E-state index contributed by atoms with van der Waals surface area (Å²) in [6.45, 7) is 9.03. The Labute approximate surface area is 153 Å². The minimum atomic E-state index is -0.606. The molecule has 26 heavy (non-hydrogen) atoms. The van der Waals surface area contributed by atoms with Gasteiger partial charge in [0.25, 0.3) is 0 Å². The smallest absolute Gasteiger partial charge is 0.310 e. The van der Waals surface area contributed by atoms with Crippen LogP contribution in [0.2, 0.25) is 0 Å². The highest BCUT2D eigenvalue weighted by Crippen LogP contribution is 2.59. The third-order valence-electron chi connectivity index (χ3n) is 5.39. The number of rotatable bonds is 6. The fraction of sp³-hybridized carbons (Fsp3) is 0.524. The van der Waals surface area contributed by atoms with Crippen LogP contribution in [0.25, 0.3) is 0 Å². The Morgan fingerprint density at radius 1 is 1.23 bits per heavy atom. The van der Waals surface area contributed by atoms with Gasteiger partial charge in [-0.25, -0.2) is 8.78 Å². The number of halogens is 2. The van der Waals surface area contributed by atoms with Gasteiger partial charge in [0.1, 0.15) is 18.2 Å². The third kappa shape index (κ3) is 3.65. The molecule has 1 aliphatic carbocycles. The van der Waals surface area contributed by atoms with Gasteiger partial charge in [0.2, 0.25) is 0 Å². The largest absolute Gasteiger partial charge is 0.461 e. The molecule has 0 aliphatic heterocycles. The average Bonchev–Trinajstić information content (AvgIpc) is 3.12. The van der Waals surface area contributed by atoms with Crippen LogP contribution in [0, 0.1) is 40.2 Å². The van der Waals surface area contributed by atoms with Crippen LogP contribution >= 0.6 is 0 Å².